The van der Waals surface area contributed by atoms with Crippen LogP contribution in [0.4, 0.5) is 5.95 Å². The van der Waals surface area contributed by atoms with Gasteiger partial charge in [-0.15, -0.1) is 0 Å². The fraction of sp³-hybridized carbons (Fsp3) is 0.333. The number of rotatable bonds is 2. The largest absolute Gasteiger partial charge is 0.388 e. The van der Waals surface area contributed by atoms with Crippen LogP contribution in [-0.2, 0) is 4.79 Å². The number of anilines is 1. The van der Waals surface area contributed by atoms with E-state index in [1.807, 2.05) is 0 Å². The molecule has 1 aliphatic rings. The number of aromatic nitrogens is 2. The number of carbonyl (C=O) groups excluding carboxylic acids is 1. The van der Waals surface area contributed by atoms with E-state index in [9.17, 15) is 4.79 Å². The molecule has 6 nitrogen and oxygen atoms in total. The second-order valence-corrected chi connectivity index (χ2v) is 3.82. The van der Waals surface area contributed by atoms with Crippen molar-refractivity contribution in [2.75, 3.05) is 24.5 Å². The summed E-state index contributed by atoms with van der Waals surface area (Å²) >= 11 is 4.84. The summed E-state index contributed by atoms with van der Waals surface area (Å²) in [7, 11) is 0. The maximum atomic E-state index is 11.2. The Balaban J connectivity index is 2.22. The van der Waals surface area contributed by atoms with Crippen LogP contribution >= 0.6 is 12.2 Å². The predicted octanol–water partition coefficient (Wildman–Crippen LogP) is -0.953. The molecular formula is C9H11N5OS. The van der Waals surface area contributed by atoms with Gasteiger partial charge in [0.1, 0.15) is 10.7 Å². The summed E-state index contributed by atoms with van der Waals surface area (Å²) in [5.74, 6) is 0.454. The third kappa shape index (κ3) is 2.25. The van der Waals surface area contributed by atoms with E-state index in [0.29, 0.717) is 24.7 Å². The molecule has 0 bridgehead atoms. The number of nitrogens with one attached hydrogen (secondary N) is 1. The molecule has 0 aromatic carbocycles. The third-order valence-corrected chi connectivity index (χ3v) is 2.43. The normalized spacial score (nSPS) is 15.8. The summed E-state index contributed by atoms with van der Waals surface area (Å²) in [4.78, 5) is 21.5. The first-order valence-electron chi connectivity index (χ1n) is 4.81. The van der Waals surface area contributed by atoms with Crippen LogP contribution in [0, 0.1) is 0 Å². The second-order valence-electron chi connectivity index (χ2n) is 3.38. The molecule has 0 radical (unpaired) electrons. The molecule has 3 N–H and O–H groups in total. The molecule has 0 unspecified atom stereocenters. The number of nitrogens with zero attached hydrogens (tertiary/aromatic N) is 3. The molecule has 2 heterocycles. The van der Waals surface area contributed by atoms with E-state index < -0.39 is 0 Å². The zero-order valence-corrected chi connectivity index (χ0v) is 9.33. The molecule has 1 aromatic rings. The minimum atomic E-state index is -0.0319. The first kappa shape index (κ1) is 10.7. The minimum absolute atomic E-state index is 0.0319. The van der Waals surface area contributed by atoms with Crippen molar-refractivity contribution >= 4 is 29.1 Å². The number of hydrogen-bond acceptors (Lipinski definition) is 5. The number of piperazine rings is 1. The molecule has 1 fully saturated rings. The average molecular weight is 237 g/mol. The van der Waals surface area contributed by atoms with Gasteiger partial charge in [-0.3, -0.25) is 4.79 Å². The van der Waals surface area contributed by atoms with Crippen LogP contribution in [0.15, 0.2) is 12.3 Å². The van der Waals surface area contributed by atoms with Gasteiger partial charge in [0.15, 0.2) is 0 Å². The van der Waals surface area contributed by atoms with Crippen LogP contribution in [0.3, 0.4) is 0 Å². The number of nitrogens with two attached hydrogens (primary N) is 1. The lowest BCUT2D eigenvalue weighted by Crippen LogP contribution is -2.48. The maximum Gasteiger partial charge on any atom is 0.239 e. The minimum Gasteiger partial charge on any atom is -0.388 e. The fourth-order valence-electron chi connectivity index (χ4n) is 1.45. The molecule has 0 spiro atoms. The maximum absolute atomic E-state index is 11.2. The highest BCUT2D eigenvalue weighted by atomic mass is 32.1. The van der Waals surface area contributed by atoms with Gasteiger partial charge in [0.05, 0.1) is 6.54 Å². The lowest BCUT2D eigenvalue weighted by atomic mass is 10.3. The molecular weight excluding hydrogens is 226 g/mol. The lowest BCUT2D eigenvalue weighted by molar-refractivity contribution is -0.120. The van der Waals surface area contributed by atoms with Crippen LogP contribution in [0.5, 0.6) is 0 Å². The van der Waals surface area contributed by atoms with Crippen molar-refractivity contribution in [1.82, 2.24) is 15.3 Å². The molecule has 1 aromatic heterocycles. The van der Waals surface area contributed by atoms with Gasteiger partial charge in [0.25, 0.3) is 0 Å². The summed E-state index contributed by atoms with van der Waals surface area (Å²) in [6.07, 6.45) is 1.59. The van der Waals surface area contributed by atoms with E-state index in [2.05, 4.69) is 15.3 Å². The highest BCUT2D eigenvalue weighted by molar-refractivity contribution is 7.80. The quantitative estimate of drug-likeness (QED) is 0.645. The van der Waals surface area contributed by atoms with Crippen molar-refractivity contribution < 1.29 is 4.79 Å². The number of hydrogen-bond donors (Lipinski definition) is 2. The Labute approximate surface area is 97.9 Å². The molecule has 1 amide bonds. The number of thiocarbonyl (C=S) groups is 1. The van der Waals surface area contributed by atoms with Crippen molar-refractivity contribution in [2.45, 2.75) is 0 Å². The van der Waals surface area contributed by atoms with Crippen LogP contribution in [0.1, 0.15) is 5.69 Å². The highest BCUT2D eigenvalue weighted by Gasteiger charge is 2.18. The standard InChI is InChI=1S/C9H11N5OS/c10-8(16)6-1-2-12-9(13-6)14-4-3-11-7(15)5-14/h1-2H,3-5H2,(H2,10,16)(H,11,15). The monoisotopic (exact) mass is 237 g/mol. The third-order valence-electron chi connectivity index (χ3n) is 2.22. The number of carbonyl (C=O) groups is 1. The molecule has 16 heavy (non-hydrogen) atoms. The van der Waals surface area contributed by atoms with Crippen molar-refractivity contribution in [1.29, 1.82) is 0 Å². The number of amides is 1. The van der Waals surface area contributed by atoms with Gasteiger partial charge in [-0.25, -0.2) is 9.97 Å². The van der Waals surface area contributed by atoms with Crippen molar-refractivity contribution in [3.05, 3.63) is 18.0 Å². The first-order chi connectivity index (χ1) is 7.66. The Bertz CT molecular complexity index is 436. The molecule has 0 aliphatic carbocycles. The van der Waals surface area contributed by atoms with Crippen LogP contribution < -0.4 is 16.0 Å². The van der Waals surface area contributed by atoms with E-state index in [1.165, 1.54) is 0 Å². The molecule has 0 atom stereocenters. The van der Waals surface area contributed by atoms with E-state index in [4.69, 9.17) is 18.0 Å². The van der Waals surface area contributed by atoms with Crippen LogP contribution in [0.2, 0.25) is 0 Å². The second kappa shape index (κ2) is 4.40. The molecule has 84 valence electrons. The molecule has 7 heteroatoms. The van der Waals surface area contributed by atoms with Gasteiger partial charge in [-0.2, -0.15) is 0 Å². The summed E-state index contributed by atoms with van der Waals surface area (Å²) < 4.78 is 0. The van der Waals surface area contributed by atoms with Gasteiger partial charge in [0, 0.05) is 19.3 Å². The summed E-state index contributed by atoms with van der Waals surface area (Å²) in [5, 5.41) is 2.73. The Kier molecular flexibility index (Phi) is 2.95. The SMILES string of the molecule is NC(=S)c1ccnc(N2CCNC(=O)C2)n1. The summed E-state index contributed by atoms with van der Waals surface area (Å²) in [6.45, 7) is 1.55. The van der Waals surface area contributed by atoms with Gasteiger partial charge in [0.2, 0.25) is 11.9 Å². The molecule has 0 saturated carbocycles. The topological polar surface area (TPSA) is 84.1 Å². The lowest BCUT2D eigenvalue weighted by Gasteiger charge is -2.26. The summed E-state index contributed by atoms with van der Waals surface area (Å²) in [6, 6.07) is 1.65. The van der Waals surface area contributed by atoms with Crippen molar-refractivity contribution in [3.63, 3.8) is 0 Å². The smallest absolute Gasteiger partial charge is 0.239 e. The predicted molar refractivity (Wildman–Crippen MR) is 63.1 cm³/mol. The van der Waals surface area contributed by atoms with Gasteiger partial charge < -0.3 is 16.0 Å². The van der Waals surface area contributed by atoms with Crippen LogP contribution in [-0.4, -0.2) is 40.5 Å². The van der Waals surface area contributed by atoms with E-state index in [0.717, 1.165) is 0 Å². The Hall–Kier alpha value is -1.76. The highest BCUT2D eigenvalue weighted by Crippen LogP contribution is 2.08. The van der Waals surface area contributed by atoms with E-state index in [-0.39, 0.29) is 17.4 Å². The van der Waals surface area contributed by atoms with Crippen LogP contribution in [0.25, 0.3) is 0 Å². The van der Waals surface area contributed by atoms with Gasteiger partial charge >= 0.3 is 0 Å². The molecule has 1 aliphatic heterocycles. The van der Waals surface area contributed by atoms with Crippen molar-refractivity contribution in [3.8, 4) is 0 Å². The average Bonchev–Trinajstić information content (AvgIpc) is 2.29. The van der Waals surface area contributed by atoms with Gasteiger partial charge in [-0.05, 0) is 6.07 Å². The van der Waals surface area contributed by atoms with E-state index in [1.54, 1.807) is 17.2 Å². The zero-order valence-electron chi connectivity index (χ0n) is 8.51. The van der Waals surface area contributed by atoms with Crippen molar-refractivity contribution in [2.24, 2.45) is 5.73 Å². The Morgan fingerprint density at radius 3 is 3.12 bits per heavy atom. The van der Waals surface area contributed by atoms with E-state index >= 15 is 0 Å². The fourth-order valence-corrected chi connectivity index (χ4v) is 1.56. The Morgan fingerprint density at radius 2 is 2.44 bits per heavy atom. The molecule has 1 saturated heterocycles. The Morgan fingerprint density at radius 1 is 1.62 bits per heavy atom. The van der Waals surface area contributed by atoms with Gasteiger partial charge in [-0.1, -0.05) is 12.2 Å². The zero-order chi connectivity index (χ0) is 11.5. The first-order valence-corrected chi connectivity index (χ1v) is 5.22. The summed E-state index contributed by atoms with van der Waals surface area (Å²) in [5.41, 5.74) is 6.00. The molecule has 2 rings (SSSR count).